The smallest absolute Gasteiger partial charge is 0.233 e. The van der Waals surface area contributed by atoms with Crippen molar-refractivity contribution in [3.8, 4) is 0 Å². The normalized spacial score (nSPS) is 20.2. The molecule has 2 aromatic carbocycles. The van der Waals surface area contributed by atoms with Gasteiger partial charge in [0.1, 0.15) is 0 Å². The zero-order chi connectivity index (χ0) is 18.7. The number of thioether (sulfide) groups is 1. The van der Waals surface area contributed by atoms with Crippen molar-refractivity contribution < 1.29 is 13.2 Å². The molecule has 6 heteroatoms. The molecule has 0 unspecified atom stereocenters. The van der Waals surface area contributed by atoms with Crippen molar-refractivity contribution in [3.63, 3.8) is 0 Å². The molecule has 1 amide bonds. The average Bonchev–Trinajstić information content (AvgIpc) is 2.99. The number of hydrogen-bond donors (Lipinski definition) is 0. The largest absolute Gasteiger partial charge is 0.335 e. The monoisotopic (exact) mass is 391 g/mol. The first kappa shape index (κ1) is 19.2. The Labute approximate surface area is 159 Å². The summed E-state index contributed by atoms with van der Waals surface area (Å²) >= 11 is 1.52. The van der Waals surface area contributed by atoms with E-state index in [1.165, 1.54) is 17.1 Å². The summed E-state index contributed by atoms with van der Waals surface area (Å²) < 4.78 is 23.7. The number of sulfone groups is 1. The highest BCUT2D eigenvalue weighted by molar-refractivity contribution is 8.00. The van der Waals surface area contributed by atoms with Crippen molar-refractivity contribution in [1.82, 2.24) is 4.90 Å². The summed E-state index contributed by atoms with van der Waals surface area (Å²) in [5, 5.41) is 2.34. The first-order valence-corrected chi connectivity index (χ1v) is 11.8. The Balaban J connectivity index is 1.70. The molecular formula is C20H25NO3S2. The summed E-state index contributed by atoms with van der Waals surface area (Å²) in [7, 11) is -3.01. The van der Waals surface area contributed by atoms with E-state index in [9.17, 15) is 13.2 Å². The van der Waals surface area contributed by atoms with Gasteiger partial charge in [0.05, 0.1) is 17.3 Å². The van der Waals surface area contributed by atoms with Crippen LogP contribution in [-0.2, 0) is 14.6 Å². The molecule has 0 radical (unpaired) electrons. The molecular weight excluding hydrogens is 366 g/mol. The van der Waals surface area contributed by atoms with Crippen LogP contribution in [0.3, 0.4) is 0 Å². The summed E-state index contributed by atoms with van der Waals surface area (Å²) in [5.74, 6) is 0.651. The fourth-order valence-corrected chi connectivity index (χ4v) is 6.00. The predicted octanol–water partition coefficient (Wildman–Crippen LogP) is 3.75. The molecule has 0 N–H and O–H groups in total. The summed E-state index contributed by atoms with van der Waals surface area (Å²) in [4.78, 5) is 15.8. The van der Waals surface area contributed by atoms with Crippen molar-refractivity contribution in [1.29, 1.82) is 0 Å². The lowest BCUT2D eigenvalue weighted by molar-refractivity contribution is -0.132. The van der Waals surface area contributed by atoms with E-state index in [0.29, 0.717) is 12.2 Å². The number of amides is 1. The van der Waals surface area contributed by atoms with Crippen LogP contribution in [0, 0.1) is 0 Å². The Bertz CT molecular complexity index is 895. The van der Waals surface area contributed by atoms with Gasteiger partial charge in [-0.15, -0.1) is 11.8 Å². The molecule has 1 saturated heterocycles. The van der Waals surface area contributed by atoms with E-state index >= 15 is 0 Å². The maximum absolute atomic E-state index is 12.9. The van der Waals surface area contributed by atoms with E-state index in [0.717, 1.165) is 16.7 Å². The minimum Gasteiger partial charge on any atom is -0.335 e. The van der Waals surface area contributed by atoms with Gasteiger partial charge >= 0.3 is 0 Å². The maximum atomic E-state index is 12.9. The van der Waals surface area contributed by atoms with Gasteiger partial charge in [0.2, 0.25) is 5.91 Å². The number of benzene rings is 2. The Kier molecular flexibility index (Phi) is 5.92. The maximum Gasteiger partial charge on any atom is 0.233 e. The van der Waals surface area contributed by atoms with Gasteiger partial charge < -0.3 is 4.90 Å². The number of hydrogen-bond acceptors (Lipinski definition) is 4. The standard InChI is InChI=1S/C20H25NO3S2/c1-3-15(2)21(18-10-11-26(23,24)14-18)20(22)13-25-19-9-8-16-6-4-5-7-17(16)12-19/h4-9,12,15,18H,3,10-11,13-14H2,1-2H3/t15-,18+/m0/s1. The number of fused-ring (bicyclic) bond motifs is 1. The van der Waals surface area contributed by atoms with Crippen LogP contribution in [0.15, 0.2) is 47.4 Å². The third-order valence-corrected chi connectivity index (χ3v) is 7.77. The van der Waals surface area contributed by atoms with Crippen LogP contribution in [0.1, 0.15) is 26.7 Å². The van der Waals surface area contributed by atoms with Gasteiger partial charge in [-0.1, -0.05) is 37.3 Å². The Morgan fingerprint density at radius 2 is 1.96 bits per heavy atom. The lowest BCUT2D eigenvalue weighted by atomic mass is 10.1. The van der Waals surface area contributed by atoms with Crippen LogP contribution in [0.4, 0.5) is 0 Å². The average molecular weight is 392 g/mol. The Morgan fingerprint density at radius 3 is 2.62 bits per heavy atom. The molecule has 1 heterocycles. The number of carbonyl (C=O) groups is 1. The lowest BCUT2D eigenvalue weighted by Gasteiger charge is -2.33. The van der Waals surface area contributed by atoms with Crippen molar-refractivity contribution >= 4 is 38.3 Å². The molecule has 4 nitrogen and oxygen atoms in total. The SMILES string of the molecule is CC[C@H](C)N(C(=O)CSc1ccc2ccccc2c1)[C@@H]1CCS(=O)(=O)C1. The molecule has 1 aliphatic rings. The summed E-state index contributed by atoms with van der Waals surface area (Å²) in [6.45, 7) is 4.04. The lowest BCUT2D eigenvalue weighted by Crippen LogP contribution is -2.47. The van der Waals surface area contributed by atoms with Gasteiger partial charge in [-0.05, 0) is 42.7 Å². The first-order chi connectivity index (χ1) is 12.4. The molecule has 0 bridgehead atoms. The van der Waals surface area contributed by atoms with Crippen LogP contribution in [-0.4, -0.2) is 48.6 Å². The highest BCUT2D eigenvalue weighted by atomic mass is 32.2. The topological polar surface area (TPSA) is 54.5 Å². The van der Waals surface area contributed by atoms with Gasteiger partial charge in [0.15, 0.2) is 9.84 Å². The van der Waals surface area contributed by atoms with Gasteiger partial charge in [0, 0.05) is 17.0 Å². The van der Waals surface area contributed by atoms with E-state index in [2.05, 4.69) is 24.3 Å². The molecule has 0 aromatic heterocycles. The van der Waals surface area contributed by atoms with E-state index in [4.69, 9.17) is 0 Å². The van der Waals surface area contributed by atoms with Crippen molar-refractivity contribution in [2.45, 2.75) is 43.7 Å². The van der Waals surface area contributed by atoms with Crippen LogP contribution in [0.2, 0.25) is 0 Å². The second kappa shape index (κ2) is 8.01. The second-order valence-electron chi connectivity index (χ2n) is 6.91. The number of nitrogens with zero attached hydrogens (tertiary/aromatic N) is 1. The van der Waals surface area contributed by atoms with Crippen LogP contribution < -0.4 is 0 Å². The molecule has 2 atom stereocenters. The Hall–Kier alpha value is -1.53. The quantitative estimate of drug-likeness (QED) is 0.704. The predicted molar refractivity (Wildman–Crippen MR) is 108 cm³/mol. The van der Waals surface area contributed by atoms with Gasteiger partial charge in [0.25, 0.3) is 0 Å². The van der Waals surface area contributed by atoms with Gasteiger partial charge in [-0.2, -0.15) is 0 Å². The molecule has 1 fully saturated rings. The minimum atomic E-state index is -3.01. The highest BCUT2D eigenvalue weighted by Gasteiger charge is 2.36. The highest BCUT2D eigenvalue weighted by Crippen LogP contribution is 2.26. The second-order valence-corrected chi connectivity index (χ2v) is 10.2. The van der Waals surface area contributed by atoms with Crippen LogP contribution in [0.5, 0.6) is 0 Å². The molecule has 0 aliphatic carbocycles. The van der Waals surface area contributed by atoms with Gasteiger partial charge in [-0.3, -0.25) is 4.79 Å². The molecule has 1 aliphatic heterocycles. The van der Waals surface area contributed by atoms with Crippen molar-refractivity contribution in [2.24, 2.45) is 0 Å². The third kappa shape index (κ3) is 4.41. The fourth-order valence-electron chi connectivity index (χ4n) is 3.48. The van der Waals surface area contributed by atoms with Crippen molar-refractivity contribution in [2.75, 3.05) is 17.3 Å². The summed E-state index contributed by atoms with van der Waals surface area (Å²) in [5.41, 5.74) is 0. The van der Waals surface area contributed by atoms with E-state index in [1.54, 1.807) is 0 Å². The minimum absolute atomic E-state index is 0.0274. The van der Waals surface area contributed by atoms with Crippen LogP contribution >= 0.6 is 11.8 Å². The number of rotatable bonds is 6. The van der Waals surface area contributed by atoms with E-state index in [1.807, 2.05) is 36.9 Å². The third-order valence-electron chi connectivity index (χ3n) is 5.04. The first-order valence-electron chi connectivity index (χ1n) is 9.03. The molecule has 0 spiro atoms. The zero-order valence-electron chi connectivity index (χ0n) is 15.2. The summed E-state index contributed by atoms with van der Waals surface area (Å²) in [6.07, 6.45) is 1.38. The molecule has 0 saturated carbocycles. The zero-order valence-corrected chi connectivity index (χ0v) is 16.9. The molecule has 2 aromatic rings. The van der Waals surface area contributed by atoms with E-state index in [-0.39, 0.29) is 29.5 Å². The van der Waals surface area contributed by atoms with Crippen molar-refractivity contribution in [3.05, 3.63) is 42.5 Å². The molecule has 3 rings (SSSR count). The molecule has 26 heavy (non-hydrogen) atoms. The number of carbonyl (C=O) groups excluding carboxylic acids is 1. The summed E-state index contributed by atoms with van der Waals surface area (Å²) in [6, 6.07) is 14.2. The molecule has 140 valence electrons. The Morgan fingerprint density at radius 1 is 1.23 bits per heavy atom. The van der Waals surface area contributed by atoms with E-state index < -0.39 is 9.84 Å². The van der Waals surface area contributed by atoms with Gasteiger partial charge in [-0.25, -0.2) is 8.42 Å². The van der Waals surface area contributed by atoms with Crippen LogP contribution in [0.25, 0.3) is 10.8 Å². The fraction of sp³-hybridized carbons (Fsp3) is 0.450.